The molecule has 2 aliphatic rings. The summed E-state index contributed by atoms with van der Waals surface area (Å²) in [5, 5.41) is 7.74. The largest absolute Gasteiger partial charge is 0.367 e. The van der Waals surface area contributed by atoms with Crippen molar-refractivity contribution in [3.8, 4) is 11.1 Å². The van der Waals surface area contributed by atoms with Gasteiger partial charge in [0.2, 0.25) is 5.91 Å². The summed E-state index contributed by atoms with van der Waals surface area (Å²) in [7, 11) is 2.10. The zero-order valence-corrected chi connectivity index (χ0v) is 24.9. The molecule has 4 heterocycles. The van der Waals surface area contributed by atoms with Gasteiger partial charge in [0.05, 0.1) is 11.4 Å². The van der Waals surface area contributed by atoms with E-state index in [1.165, 1.54) is 17.0 Å². The van der Waals surface area contributed by atoms with Gasteiger partial charge in [-0.05, 0) is 74.3 Å². The van der Waals surface area contributed by atoms with Gasteiger partial charge in [-0.3, -0.25) is 9.59 Å². The molecule has 0 aliphatic carbocycles. The van der Waals surface area contributed by atoms with Crippen LogP contribution in [0.4, 0.5) is 17.2 Å². The Morgan fingerprint density at radius 1 is 1.00 bits per heavy atom. The number of nitrogens with one attached hydrogen (secondary N) is 3. The van der Waals surface area contributed by atoms with E-state index in [1.807, 2.05) is 35.4 Å². The maximum Gasteiger partial charge on any atom is 0.253 e. The number of fused-ring (bicyclic) bond motifs is 1. The van der Waals surface area contributed by atoms with Crippen LogP contribution in [0.25, 0.3) is 22.0 Å². The molecule has 2 aromatic heterocycles. The second kappa shape index (κ2) is 12.3. The van der Waals surface area contributed by atoms with Crippen molar-refractivity contribution < 1.29 is 9.59 Å². The van der Waals surface area contributed by atoms with E-state index in [9.17, 15) is 9.59 Å². The molecule has 0 spiro atoms. The highest BCUT2D eigenvalue weighted by molar-refractivity contribution is 6.03. The summed E-state index contributed by atoms with van der Waals surface area (Å²) in [6, 6.07) is 16.3. The first-order chi connectivity index (χ1) is 20.9. The van der Waals surface area contributed by atoms with E-state index < -0.39 is 0 Å². The van der Waals surface area contributed by atoms with E-state index in [0.717, 1.165) is 67.2 Å². The van der Waals surface area contributed by atoms with Crippen LogP contribution in [-0.2, 0) is 4.79 Å². The molecule has 9 heteroatoms. The molecule has 2 saturated heterocycles. The number of nitrogens with zero attached hydrogens (tertiary/aromatic N) is 4. The number of aromatic nitrogens is 2. The number of hydrogen-bond acceptors (Lipinski definition) is 6. The molecule has 4 aromatic rings. The fourth-order valence-electron chi connectivity index (χ4n) is 6.07. The summed E-state index contributed by atoms with van der Waals surface area (Å²) < 4.78 is 0. The highest BCUT2D eigenvalue weighted by Gasteiger charge is 2.26. The van der Waals surface area contributed by atoms with Gasteiger partial charge in [0.1, 0.15) is 5.82 Å². The van der Waals surface area contributed by atoms with Crippen LogP contribution < -0.4 is 15.5 Å². The molecule has 2 aromatic carbocycles. The van der Waals surface area contributed by atoms with Crippen molar-refractivity contribution in [1.82, 2.24) is 19.8 Å². The van der Waals surface area contributed by atoms with Gasteiger partial charge in [0.25, 0.3) is 5.91 Å². The van der Waals surface area contributed by atoms with Gasteiger partial charge in [-0.2, -0.15) is 0 Å². The summed E-state index contributed by atoms with van der Waals surface area (Å²) in [6.07, 6.45) is 6.93. The number of benzene rings is 2. The van der Waals surface area contributed by atoms with Crippen LogP contribution in [0, 0.1) is 6.92 Å². The number of piperidine rings is 1. The van der Waals surface area contributed by atoms with Crippen molar-refractivity contribution in [2.24, 2.45) is 0 Å². The minimum atomic E-state index is -0.263. The van der Waals surface area contributed by atoms with Crippen molar-refractivity contribution in [3.63, 3.8) is 0 Å². The number of carbonyl (C=O) groups excluding carboxylic acids is 2. The number of aryl methyl sites for hydroxylation is 1. The fraction of sp³-hybridized carbons (Fsp3) is 0.324. The number of likely N-dealkylation sites (N-methyl/N-ethyl adjacent to an activating group) is 1. The van der Waals surface area contributed by atoms with Crippen molar-refractivity contribution in [3.05, 3.63) is 84.7 Å². The molecule has 0 radical (unpaired) electrons. The number of piperazine rings is 1. The summed E-state index contributed by atoms with van der Waals surface area (Å²) in [6.45, 7) is 10.5. The fourth-order valence-corrected chi connectivity index (χ4v) is 6.07. The Kier molecular flexibility index (Phi) is 8.16. The lowest BCUT2D eigenvalue weighted by Crippen LogP contribution is -2.45. The van der Waals surface area contributed by atoms with E-state index in [2.05, 4.69) is 81.4 Å². The number of H-pyrrole nitrogens is 1. The number of para-hydroxylation sites is 1. The third kappa shape index (κ3) is 6.12. The minimum Gasteiger partial charge on any atom is -0.367 e. The maximum absolute atomic E-state index is 13.6. The molecule has 9 nitrogen and oxygen atoms in total. The van der Waals surface area contributed by atoms with Crippen LogP contribution in [0.5, 0.6) is 0 Å². The summed E-state index contributed by atoms with van der Waals surface area (Å²) >= 11 is 0. The third-order valence-electron chi connectivity index (χ3n) is 8.65. The molecule has 43 heavy (non-hydrogen) atoms. The lowest BCUT2D eigenvalue weighted by atomic mass is 10.0. The molecule has 2 amide bonds. The van der Waals surface area contributed by atoms with Crippen LogP contribution in [-0.4, -0.2) is 83.9 Å². The number of aromatic amines is 1. The zero-order chi connectivity index (χ0) is 29.9. The molecular formula is C34H39N7O2. The van der Waals surface area contributed by atoms with E-state index in [0.29, 0.717) is 24.3 Å². The Morgan fingerprint density at radius 3 is 2.53 bits per heavy atom. The third-order valence-corrected chi connectivity index (χ3v) is 8.65. The van der Waals surface area contributed by atoms with E-state index in [1.54, 1.807) is 0 Å². The second-order valence-corrected chi connectivity index (χ2v) is 11.6. The molecule has 222 valence electrons. The van der Waals surface area contributed by atoms with Gasteiger partial charge < -0.3 is 30.3 Å². The molecule has 3 N–H and O–H groups in total. The Balaban J connectivity index is 1.13. The van der Waals surface area contributed by atoms with Crippen molar-refractivity contribution in [2.75, 3.05) is 61.8 Å². The molecule has 6 rings (SSSR count). The van der Waals surface area contributed by atoms with Crippen LogP contribution in [0.1, 0.15) is 28.8 Å². The van der Waals surface area contributed by atoms with E-state index in [-0.39, 0.29) is 17.9 Å². The first kappa shape index (κ1) is 28.5. The number of carbonyl (C=O) groups is 2. The smallest absolute Gasteiger partial charge is 0.253 e. The maximum atomic E-state index is 13.6. The predicted molar refractivity (Wildman–Crippen MR) is 174 cm³/mol. The normalized spacial score (nSPS) is 16.3. The van der Waals surface area contributed by atoms with E-state index in [4.69, 9.17) is 0 Å². The highest BCUT2D eigenvalue weighted by atomic mass is 16.2. The summed E-state index contributed by atoms with van der Waals surface area (Å²) in [4.78, 5) is 40.2. The number of amides is 2. The van der Waals surface area contributed by atoms with Gasteiger partial charge in [0, 0.05) is 79.7 Å². The zero-order valence-electron chi connectivity index (χ0n) is 24.9. The molecule has 2 fully saturated rings. The number of hydrogen-bond donors (Lipinski definition) is 3. The Labute approximate surface area is 252 Å². The number of likely N-dealkylation sites (tertiary alicyclic amines) is 1. The average molecular weight is 578 g/mol. The van der Waals surface area contributed by atoms with Gasteiger partial charge in [-0.1, -0.05) is 24.8 Å². The average Bonchev–Trinajstić information content (AvgIpc) is 3.46. The topological polar surface area (TPSA) is 96.6 Å². The van der Waals surface area contributed by atoms with Crippen molar-refractivity contribution >= 4 is 39.9 Å². The van der Waals surface area contributed by atoms with Gasteiger partial charge in [-0.15, -0.1) is 0 Å². The molecule has 0 unspecified atom stereocenters. The Hall–Kier alpha value is -4.63. The van der Waals surface area contributed by atoms with Gasteiger partial charge in [-0.25, -0.2) is 4.98 Å². The summed E-state index contributed by atoms with van der Waals surface area (Å²) in [5.41, 5.74) is 6.79. The number of pyridine rings is 1. The number of anilines is 3. The van der Waals surface area contributed by atoms with E-state index >= 15 is 0 Å². The SMILES string of the molecule is C=CC(=O)Nc1ccc(C(=O)N2CCC(Nc3cc(-c4c[nH]c5ccccc45)c(C)cn3)CC2)cc1N1CCN(C)CC1. The summed E-state index contributed by atoms with van der Waals surface area (Å²) in [5.74, 6) is 0.607. The Morgan fingerprint density at radius 2 is 1.77 bits per heavy atom. The molecule has 0 atom stereocenters. The molecule has 2 aliphatic heterocycles. The lowest BCUT2D eigenvalue weighted by Gasteiger charge is -2.36. The van der Waals surface area contributed by atoms with Crippen LogP contribution in [0.15, 0.2) is 73.6 Å². The van der Waals surface area contributed by atoms with Crippen LogP contribution in [0.3, 0.4) is 0 Å². The first-order valence-corrected chi connectivity index (χ1v) is 15.0. The predicted octanol–water partition coefficient (Wildman–Crippen LogP) is 5.13. The van der Waals surface area contributed by atoms with Crippen LogP contribution in [0.2, 0.25) is 0 Å². The standard InChI is InChI=1S/C34H39N7O2/c1-4-33(42)38-30-10-9-24(19-31(30)40-17-15-39(3)16-18-40)34(43)41-13-11-25(12-14-41)37-32-20-27(23(2)21-36-32)28-22-35-29-8-6-5-7-26(28)29/h4-10,19-22,25,35H,1,11-18H2,2-3H3,(H,36,37)(H,38,42). The second-order valence-electron chi connectivity index (χ2n) is 11.6. The minimum absolute atomic E-state index is 0.0190. The highest BCUT2D eigenvalue weighted by Crippen LogP contribution is 2.33. The van der Waals surface area contributed by atoms with Gasteiger partial charge in [0.15, 0.2) is 0 Å². The lowest BCUT2D eigenvalue weighted by molar-refractivity contribution is -0.111. The van der Waals surface area contributed by atoms with Crippen molar-refractivity contribution in [1.29, 1.82) is 0 Å². The van der Waals surface area contributed by atoms with Gasteiger partial charge >= 0.3 is 0 Å². The van der Waals surface area contributed by atoms with Crippen LogP contribution >= 0.6 is 0 Å². The monoisotopic (exact) mass is 577 g/mol. The first-order valence-electron chi connectivity index (χ1n) is 15.0. The quantitative estimate of drug-likeness (QED) is 0.264. The number of rotatable bonds is 7. The van der Waals surface area contributed by atoms with Crippen molar-refractivity contribution in [2.45, 2.75) is 25.8 Å². The Bertz CT molecular complexity index is 1650. The molecule has 0 bridgehead atoms. The molecular weight excluding hydrogens is 538 g/mol. The molecule has 0 saturated carbocycles.